The fourth-order valence-corrected chi connectivity index (χ4v) is 2.74. The van der Waals surface area contributed by atoms with Gasteiger partial charge in [-0.3, -0.25) is 14.9 Å². The highest BCUT2D eigenvalue weighted by molar-refractivity contribution is 7.09. The third-order valence-electron chi connectivity index (χ3n) is 3.24. The molecule has 1 aromatic carbocycles. The predicted molar refractivity (Wildman–Crippen MR) is 89.1 cm³/mol. The van der Waals surface area contributed by atoms with E-state index in [1.807, 2.05) is 17.5 Å². The highest BCUT2D eigenvalue weighted by atomic mass is 32.1. The number of esters is 1. The average molecular weight is 348 g/mol. The summed E-state index contributed by atoms with van der Waals surface area (Å²) >= 11 is 1.61. The lowest BCUT2D eigenvalue weighted by atomic mass is 10.1. The molecule has 0 aliphatic carbocycles. The Morgan fingerprint density at radius 1 is 1.33 bits per heavy atom. The lowest BCUT2D eigenvalue weighted by Crippen LogP contribution is -2.30. The van der Waals surface area contributed by atoms with E-state index in [4.69, 9.17) is 4.74 Å². The van der Waals surface area contributed by atoms with Gasteiger partial charge in [-0.2, -0.15) is 0 Å². The summed E-state index contributed by atoms with van der Waals surface area (Å²) in [6.07, 6.45) is 0.721. The summed E-state index contributed by atoms with van der Waals surface area (Å²) in [6, 6.07) is 7.84. The number of nitro groups is 1. The van der Waals surface area contributed by atoms with E-state index in [2.05, 4.69) is 5.32 Å². The van der Waals surface area contributed by atoms with E-state index in [-0.39, 0.29) is 17.9 Å². The van der Waals surface area contributed by atoms with Crippen LogP contribution in [0.25, 0.3) is 0 Å². The first-order chi connectivity index (χ1) is 11.5. The van der Waals surface area contributed by atoms with Crippen LogP contribution in [0.15, 0.2) is 35.7 Å². The van der Waals surface area contributed by atoms with Gasteiger partial charge >= 0.3 is 5.97 Å². The number of thiophene rings is 1. The lowest BCUT2D eigenvalue weighted by molar-refractivity contribution is -0.385. The first-order valence-electron chi connectivity index (χ1n) is 7.18. The molecule has 1 N–H and O–H groups in total. The van der Waals surface area contributed by atoms with Gasteiger partial charge in [-0.15, -0.1) is 11.3 Å². The third kappa shape index (κ3) is 4.88. The summed E-state index contributed by atoms with van der Waals surface area (Å²) in [7, 11) is 0. The monoisotopic (exact) mass is 348 g/mol. The third-order valence-corrected chi connectivity index (χ3v) is 4.17. The molecule has 0 spiro atoms. The van der Waals surface area contributed by atoms with Crippen molar-refractivity contribution in [2.45, 2.75) is 13.3 Å². The van der Waals surface area contributed by atoms with Gasteiger partial charge in [0.2, 0.25) is 0 Å². The molecule has 0 atom stereocenters. The predicted octanol–water partition coefficient (Wildman–Crippen LogP) is 2.48. The van der Waals surface area contributed by atoms with Gasteiger partial charge in [-0.25, -0.2) is 4.79 Å². The van der Waals surface area contributed by atoms with Gasteiger partial charge in [-0.05, 0) is 36.9 Å². The number of ether oxygens (including phenoxy) is 1. The second-order valence-corrected chi connectivity index (χ2v) is 6.05. The first-order valence-corrected chi connectivity index (χ1v) is 8.06. The highest BCUT2D eigenvalue weighted by Crippen LogP contribution is 2.19. The zero-order valence-corrected chi connectivity index (χ0v) is 13.8. The van der Waals surface area contributed by atoms with Gasteiger partial charge in [0.15, 0.2) is 6.61 Å². The molecular weight excluding hydrogens is 332 g/mol. The molecule has 24 heavy (non-hydrogen) atoms. The molecule has 0 bridgehead atoms. The maximum Gasteiger partial charge on any atom is 0.338 e. The number of amides is 1. The number of nitro benzene ring substituents is 1. The second kappa shape index (κ2) is 8.21. The smallest absolute Gasteiger partial charge is 0.338 e. The van der Waals surface area contributed by atoms with Crippen molar-refractivity contribution < 1.29 is 19.2 Å². The molecule has 0 aliphatic rings. The summed E-state index contributed by atoms with van der Waals surface area (Å²) in [5.41, 5.74) is 0.456. The Kier molecular flexibility index (Phi) is 6.02. The minimum Gasteiger partial charge on any atom is -0.452 e. The molecule has 8 heteroatoms. The number of benzene rings is 1. The Hall–Kier alpha value is -2.74. The van der Waals surface area contributed by atoms with Gasteiger partial charge in [-0.1, -0.05) is 6.07 Å². The van der Waals surface area contributed by atoms with Crippen molar-refractivity contribution in [3.8, 4) is 0 Å². The van der Waals surface area contributed by atoms with Crippen LogP contribution in [0.3, 0.4) is 0 Å². The molecule has 0 saturated heterocycles. The van der Waals surface area contributed by atoms with Gasteiger partial charge in [0.1, 0.15) is 0 Å². The second-order valence-electron chi connectivity index (χ2n) is 5.01. The van der Waals surface area contributed by atoms with E-state index < -0.39 is 16.8 Å². The number of carbonyl (C=O) groups is 2. The SMILES string of the molecule is Cc1cc(C(=O)OCC(=O)NCCc2cccs2)ccc1[N+](=O)[O-]. The van der Waals surface area contributed by atoms with E-state index >= 15 is 0 Å². The van der Waals surface area contributed by atoms with Crippen LogP contribution in [0.4, 0.5) is 5.69 Å². The zero-order valence-electron chi connectivity index (χ0n) is 13.0. The Balaban J connectivity index is 1.78. The molecule has 0 unspecified atom stereocenters. The van der Waals surface area contributed by atoms with Crippen molar-refractivity contribution in [1.82, 2.24) is 5.32 Å². The van der Waals surface area contributed by atoms with Crippen LogP contribution in [-0.2, 0) is 16.0 Å². The standard InChI is InChI=1S/C16H16N2O5S/c1-11-9-12(4-5-14(11)18(21)22)16(20)23-10-15(19)17-7-6-13-3-2-8-24-13/h2-5,8-9H,6-7,10H2,1H3,(H,17,19). The molecule has 0 saturated carbocycles. The van der Waals surface area contributed by atoms with Crippen molar-refractivity contribution in [2.24, 2.45) is 0 Å². The van der Waals surface area contributed by atoms with Gasteiger partial charge < -0.3 is 10.1 Å². The Labute approximate surface area is 142 Å². The molecule has 126 valence electrons. The van der Waals surface area contributed by atoms with Gasteiger partial charge in [0.05, 0.1) is 10.5 Å². The Morgan fingerprint density at radius 2 is 2.12 bits per heavy atom. The van der Waals surface area contributed by atoms with Crippen LogP contribution in [0, 0.1) is 17.0 Å². The number of hydrogen-bond donors (Lipinski definition) is 1. The molecule has 2 aromatic rings. The number of aryl methyl sites for hydroxylation is 1. The topological polar surface area (TPSA) is 98.5 Å². The van der Waals surface area contributed by atoms with Crippen LogP contribution in [0.1, 0.15) is 20.8 Å². The molecule has 1 heterocycles. The summed E-state index contributed by atoms with van der Waals surface area (Å²) in [5, 5.41) is 15.4. The van der Waals surface area contributed by atoms with Crippen molar-refractivity contribution in [3.63, 3.8) is 0 Å². The van der Waals surface area contributed by atoms with Crippen LogP contribution >= 0.6 is 11.3 Å². The number of nitrogens with one attached hydrogen (secondary N) is 1. The summed E-state index contributed by atoms with van der Waals surface area (Å²) in [6.45, 7) is 1.61. The van der Waals surface area contributed by atoms with Crippen molar-refractivity contribution in [2.75, 3.05) is 13.2 Å². The van der Waals surface area contributed by atoms with Crippen molar-refractivity contribution in [3.05, 3.63) is 61.8 Å². The Morgan fingerprint density at radius 3 is 2.75 bits per heavy atom. The Bertz CT molecular complexity index is 743. The molecule has 1 amide bonds. The maximum absolute atomic E-state index is 11.9. The summed E-state index contributed by atoms with van der Waals surface area (Å²) < 4.78 is 4.91. The fourth-order valence-electron chi connectivity index (χ4n) is 2.03. The highest BCUT2D eigenvalue weighted by Gasteiger charge is 2.15. The van der Waals surface area contributed by atoms with Crippen molar-refractivity contribution in [1.29, 1.82) is 0 Å². The van der Waals surface area contributed by atoms with Crippen LogP contribution < -0.4 is 5.32 Å². The molecule has 1 aromatic heterocycles. The minimum absolute atomic E-state index is 0.0714. The normalized spacial score (nSPS) is 10.2. The lowest BCUT2D eigenvalue weighted by Gasteiger charge is -2.07. The van der Waals surface area contributed by atoms with Crippen molar-refractivity contribution >= 4 is 28.9 Å². The average Bonchev–Trinajstić information content (AvgIpc) is 3.05. The largest absolute Gasteiger partial charge is 0.452 e. The molecule has 7 nitrogen and oxygen atoms in total. The van der Waals surface area contributed by atoms with E-state index in [9.17, 15) is 19.7 Å². The van der Waals surface area contributed by atoms with E-state index in [1.54, 1.807) is 11.3 Å². The molecular formula is C16H16N2O5S. The maximum atomic E-state index is 11.9. The van der Waals surface area contributed by atoms with Crippen LogP contribution in [0.5, 0.6) is 0 Å². The number of rotatable bonds is 7. The number of hydrogen-bond acceptors (Lipinski definition) is 6. The quantitative estimate of drug-likeness (QED) is 0.471. The summed E-state index contributed by atoms with van der Waals surface area (Å²) in [5.74, 6) is -1.08. The van der Waals surface area contributed by atoms with E-state index in [0.29, 0.717) is 12.1 Å². The van der Waals surface area contributed by atoms with Gasteiger partial charge in [0.25, 0.3) is 11.6 Å². The zero-order chi connectivity index (χ0) is 17.5. The minimum atomic E-state index is -0.693. The number of nitrogens with zero attached hydrogens (tertiary/aromatic N) is 1. The van der Waals surface area contributed by atoms with E-state index in [1.165, 1.54) is 25.1 Å². The van der Waals surface area contributed by atoms with Crippen LogP contribution in [-0.4, -0.2) is 30.0 Å². The molecule has 0 fully saturated rings. The molecule has 0 radical (unpaired) electrons. The van der Waals surface area contributed by atoms with E-state index in [0.717, 1.165) is 11.3 Å². The van der Waals surface area contributed by atoms with Gasteiger partial charge in [0, 0.05) is 23.1 Å². The molecule has 0 aliphatic heterocycles. The number of carbonyl (C=O) groups excluding carboxylic acids is 2. The summed E-state index contributed by atoms with van der Waals surface area (Å²) in [4.78, 5) is 34.9. The first kappa shape index (κ1) is 17.6. The van der Waals surface area contributed by atoms with Crippen LogP contribution in [0.2, 0.25) is 0 Å². The molecule has 2 rings (SSSR count). The fraction of sp³-hybridized carbons (Fsp3) is 0.250.